The minimum absolute atomic E-state index is 0.652. The molecule has 0 aliphatic heterocycles. The van der Waals surface area contributed by atoms with E-state index in [0.717, 1.165) is 55.7 Å². The Kier molecular flexibility index (Phi) is 6.01. The lowest BCUT2D eigenvalue weighted by Crippen LogP contribution is -2.09. The van der Waals surface area contributed by atoms with Crippen LogP contribution in [0.1, 0.15) is 0 Å². The van der Waals surface area contributed by atoms with Gasteiger partial charge in [0, 0.05) is 59.6 Å². The average molecular weight is 635 g/mol. The number of hydrogen-bond donors (Lipinski definition) is 0. The molecule has 0 unspecified atom stereocenters. The van der Waals surface area contributed by atoms with E-state index in [2.05, 4.69) is 120 Å². The van der Waals surface area contributed by atoms with Crippen LogP contribution in [0.15, 0.2) is 167 Å². The van der Waals surface area contributed by atoms with E-state index >= 15 is 0 Å². The molecule has 3 heterocycles. The zero-order valence-electron chi connectivity index (χ0n) is 25.6. The maximum absolute atomic E-state index is 6.17. The summed E-state index contributed by atoms with van der Waals surface area (Å²) in [5, 5.41) is 4.67. The molecule has 0 aliphatic rings. The lowest BCUT2D eigenvalue weighted by atomic mass is 10.0. The van der Waals surface area contributed by atoms with Crippen molar-refractivity contribution in [1.82, 2.24) is 4.98 Å². The standard InChI is InChI=1S/C43H26N2O2S/c1-3-9-28(10-4-1)43-44-37-25-36-34-21-17-29(23-41(34)48-42(36)26-40(37)47-43)27-15-18-31(19-16-27)45(30-11-5-2-6-12-30)32-20-22-39-35(24-32)33-13-7-8-14-38(33)46-39/h1-26H. The van der Waals surface area contributed by atoms with Crippen molar-refractivity contribution in [3.63, 3.8) is 0 Å². The Morgan fingerprint density at radius 2 is 1.10 bits per heavy atom. The molecule has 4 nitrogen and oxygen atoms in total. The first-order chi connectivity index (χ1) is 23.7. The van der Waals surface area contributed by atoms with Gasteiger partial charge in [0.2, 0.25) is 5.89 Å². The molecule has 226 valence electrons. The third kappa shape index (κ3) is 4.40. The molecule has 7 aromatic carbocycles. The Hall–Kier alpha value is -6.17. The molecule has 5 heteroatoms. The van der Waals surface area contributed by atoms with Crippen molar-refractivity contribution in [1.29, 1.82) is 0 Å². The van der Waals surface area contributed by atoms with Crippen molar-refractivity contribution in [2.45, 2.75) is 0 Å². The highest BCUT2D eigenvalue weighted by molar-refractivity contribution is 7.25. The van der Waals surface area contributed by atoms with E-state index in [0.29, 0.717) is 5.89 Å². The molecular weight excluding hydrogens is 609 g/mol. The van der Waals surface area contributed by atoms with E-state index in [9.17, 15) is 0 Å². The summed E-state index contributed by atoms with van der Waals surface area (Å²) in [4.78, 5) is 7.10. The van der Waals surface area contributed by atoms with E-state index in [4.69, 9.17) is 13.8 Å². The maximum Gasteiger partial charge on any atom is 0.227 e. The first kappa shape index (κ1) is 27.0. The largest absolute Gasteiger partial charge is 0.456 e. The SMILES string of the molecule is c1ccc(-c2nc3cc4c(cc3o2)sc2cc(-c3ccc(N(c5ccccc5)c5ccc6oc7ccccc7c6c5)cc3)ccc24)cc1. The van der Waals surface area contributed by atoms with Crippen molar-refractivity contribution in [3.8, 4) is 22.6 Å². The summed E-state index contributed by atoms with van der Waals surface area (Å²) in [6, 6.07) is 55.1. The molecule has 0 aliphatic carbocycles. The number of furan rings is 1. The monoisotopic (exact) mass is 634 g/mol. The summed E-state index contributed by atoms with van der Waals surface area (Å²) >= 11 is 1.79. The van der Waals surface area contributed by atoms with Crippen LogP contribution in [0.25, 0.3) is 75.8 Å². The Balaban J connectivity index is 1.02. The molecule has 10 aromatic rings. The predicted molar refractivity (Wildman–Crippen MR) is 200 cm³/mol. The van der Waals surface area contributed by atoms with E-state index in [1.54, 1.807) is 11.3 Å². The Morgan fingerprint density at radius 3 is 1.96 bits per heavy atom. The maximum atomic E-state index is 6.17. The summed E-state index contributed by atoms with van der Waals surface area (Å²) < 4.78 is 14.7. The number of aromatic nitrogens is 1. The van der Waals surface area contributed by atoms with Crippen LogP contribution in [-0.4, -0.2) is 4.98 Å². The van der Waals surface area contributed by atoms with Crippen LogP contribution < -0.4 is 4.90 Å². The van der Waals surface area contributed by atoms with E-state index in [-0.39, 0.29) is 0 Å². The van der Waals surface area contributed by atoms with Crippen LogP contribution in [0.3, 0.4) is 0 Å². The van der Waals surface area contributed by atoms with Gasteiger partial charge in [-0.2, -0.15) is 0 Å². The highest BCUT2D eigenvalue weighted by Gasteiger charge is 2.17. The molecule has 0 bridgehead atoms. The van der Waals surface area contributed by atoms with Gasteiger partial charge in [0.15, 0.2) is 5.58 Å². The quantitative estimate of drug-likeness (QED) is 0.189. The molecule has 0 atom stereocenters. The topological polar surface area (TPSA) is 42.4 Å². The lowest BCUT2D eigenvalue weighted by Gasteiger charge is -2.25. The van der Waals surface area contributed by atoms with Gasteiger partial charge in [-0.3, -0.25) is 0 Å². The Bertz CT molecular complexity index is 2780. The molecule has 0 spiro atoms. The molecular formula is C43H26N2O2S. The van der Waals surface area contributed by atoms with Crippen molar-refractivity contribution >= 4 is 81.6 Å². The number of thiophene rings is 1. The number of benzene rings is 7. The van der Waals surface area contributed by atoms with Crippen LogP contribution in [-0.2, 0) is 0 Å². The molecule has 0 amide bonds. The number of rotatable bonds is 5. The first-order valence-corrected chi connectivity index (χ1v) is 16.8. The first-order valence-electron chi connectivity index (χ1n) is 15.9. The zero-order chi connectivity index (χ0) is 31.6. The fourth-order valence-corrected chi connectivity index (χ4v) is 7.92. The second-order valence-electron chi connectivity index (χ2n) is 12.0. The van der Waals surface area contributed by atoms with Crippen LogP contribution in [0.2, 0.25) is 0 Å². The fourth-order valence-electron chi connectivity index (χ4n) is 6.76. The van der Waals surface area contributed by atoms with Crippen LogP contribution >= 0.6 is 11.3 Å². The fraction of sp³-hybridized carbons (Fsp3) is 0. The number of fused-ring (bicyclic) bond motifs is 7. The average Bonchev–Trinajstić information content (AvgIpc) is 3.84. The van der Waals surface area contributed by atoms with E-state index in [1.807, 2.05) is 42.5 Å². The molecule has 3 aromatic heterocycles. The van der Waals surface area contributed by atoms with Crippen LogP contribution in [0, 0.1) is 0 Å². The smallest absolute Gasteiger partial charge is 0.227 e. The number of anilines is 3. The molecule has 48 heavy (non-hydrogen) atoms. The summed E-state index contributed by atoms with van der Waals surface area (Å²) in [5.41, 5.74) is 10.1. The summed E-state index contributed by atoms with van der Waals surface area (Å²) in [7, 11) is 0. The highest BCUT2D eigenvalue weighted by Crippen LogP contribution is 2.41. The van der Waals surface area contributed by atoms with Gasteiger partial charge in [-0.25, -0.2) is 4.98 Å². The van der Waals surface area contributed by atoms with Crippen molar-refractivity contribution in [2.75, 3.05) is 4.90 Å². The third-order valence-corrected chi connectivity index (χ3v) is 10.2. The Morgan fingerprint density at radius 1 is 0.417 bits per heavy atom. The number of hydrogen-bond acceptors (Lipinski definition) is 5. The van der Waals surface area contributed by atoms with Gasteiger partial charge in [-0.05, 0) is 83.9 Å². The van der Waals surface area contributed by atoms with Gasteiger partial charge in [-0.1, -0.05) is 78.9 Å². The van der Waals surface area contributed by atoms with Gasteiger partial charge in [0.1, 0.15) is 16.7 Å². The summed E-state index contributed by atoms with van der Waals surface area (Å²) in [6.45, 7) is 0. The van der Waals surface area contributed by atoms with Gasteiger partial charge < -0.3 is 13.7 Å². The van der Waals surface area contributed by atoms with Gasteiger partial charge in [0.05, 0.1) is 0 Å². The lowest BCUT2D eigenvalue weighted by molar-refractivity contribution is 0.620. The Labute approximate surface area is 279 Å². The second-order valence-corrected chi connectivity index (χ2v) is 13.1. The molecule has 0 N–H and O–H groups in total. The molecule has 0 saturated heterocycles. The third-order valence-electron chi connectivity index (χ3n) is 9.09. The normalized spacial score (nSPS) is 11.8. The molecule has 0 radical (unpaired) electrons. The predicted octanol–water partition coefficient (Wildman–Crippen LogP) is 12.9. The van der Waals surface area contributed by atoms with Gasteiger partial charge in [0.25, 0.3) is 0 Å². The summed E-state index contributed by atoms with van der Waals surface area (Å²) in [5.74, 6) is 0.652. The summed E-state index contributed by atoms with van der Waals surface area (Å²) in [6.07, 6.45) is 0. The van der Waals surface area contributed by atoms with Gasteiger partial charge >= 0.3 is 0 Å². The molecule has 0 saturated carbocycles. The van der Waals surface area contributed by atoms with Gasteiger partial charge in [-0.15, -0.1) is 11.3 Å². The number of nitrogens with zero attached hydrogens (tertiary/aromatic N) is 2. The van der Waals surface area contributed by atoms with Crippen LogP contribution in [0.4, 0.5) is 17.1 Å². The van der Waals surface area contributed by atoms with E-state index in [1.165, 1.54) is 31.3 Å². The number of para-hydroxylation sites is 2. The molecule has 10 rings (SSSR count). The minimum atomic E-state index is 0.652. The molecule has 0 fully saturated rings. The zero-order valence-corrected chi connectivity index (χ0v) is 26.4. The minimum Gasteiger partial charge on any atom is -0.456 e. The van der Waals surface area contributed by atoms with Crippen molar-refractivity contribution in [2.24, 2.45) is 0 Å². The second kappa shape index (κ2) is 10.7. The number of oxazole rings is 1. The van der Waals surface area contributed by atoms with Crippen LogP contribution in [0.5, 0.6) is 0 Å². The highest BCUT2D eigenvalue weighted by atomic mass is 32.1. The van der Waals surface area contributed by atoms with E-state index < -0.39 is 0 Å². The van der Waals surface area contributed by atoms with Crippen molar-refractivity contribution < 1.29 is 8.83 Å². The van der Waals surface area contributed by atoms with Crippen molar-refractivity contribution in [3.05, 3.63) is 158 Å².